The van der Waals surface area contributed by atoms with Gasteiger partial charge >= 0.3 is 5.97 Å². The summed E-state index contributed by atoms with van der Waals surface area (Å²) in [6, 6.07) is 6.01. The molecule has 3 aliphatic rings. The summed E-state index contributed by atoms with van der Waals surface area (Å²) >= 11 is 3.48. The smallest absolute Gasteiger partial charge is 0.311 e. The Morgan fingerprint density at radius 1 is 1.37 bits per heavy atom. The van der Waals surface area contributed by atoms with Gasteiger partial charge in [0.05, 0.1) is 19.1 Å². The van der Waals surface area contributed by atoms with E-state index in [4.69, 9.17) is 9.47 Å². The van der Waals surface area contributed by atoms with Crippen molar-refractivity contribution in [3.63, 3.8) is 0 Å². The number of carbonyl (C=O) groups excluding carboxylic acids is 1. The van der Waals surface area contributed by atoms with E-state index in [1.165, 1.54) is 12.7 Å². The summed E-state index contributed by atoms with van der Waals surface area (Å²) in [6.45, 7) is 2.75. The SMILES string of the molecule is COC(=O)C12CC(COc3ccc(Br)c(C)c3)(C1)C2. The van der Waals surface area contributed by atoms with E-state index in [1.807, 2.05) is 25.1 Å². The summed E-state index contributed by atoms with van der Waals surface area (Å²) < 4.78 is 11.8. The fourth-order valence-electron chi connectivity index (χ4n) is 3.53. The number of carbonyl (C=O) groups is 1. The van der Waals surface area contributed by atoms with Crippen LogP contribution in [0.15, 0.2) is 22.7 Å². The minimum atomic E-state index is -0.173. The second-order valence-corrected chi connectivity index (χ2v) is 6.86. The van der Waals surface area contributed by atoms with Gasteiger partial charge in [-0.1, -0.05) is 15.9 Å². The van der Waals surface area contributed by atoms with E-state index in [1.54, 1.807) is 0 Å². The van der Waals surface area contributed by atoms with Crippen molar-refractivity contribution in [3.05, 3.63) is 28.2 Å². The van der Waals surface area contributed by atoms with Crippen LogP contribution in [0.25, 0.3) is 0 Å². The number of methoxy groups -OCH3 is 1. The predicted molar refractivity (Wildman–Crippen MR) is 75.1 cm³/mol. The van der Waals surface area contributed by atoms with Gasteiger partial charge in [-0.05, 0) is 49.9 Å². The van der Waals surface area contributed by atoms with Gasteiger partial charge in [-0.3, -0.25) is 4.79 Å². The molecular weight excluding hydrogens is 308 g/mol. The van der Waals surface area contributed by atoms with E-state index >= 15 is 0 Å². The van der Waals surface area contributed by atoms with Crippen LogP contribution in [0.4, 0.5) is 0 Å². The van der Waals surface area contributed by atoms with Crippen LogP contribution in [0.5, 0.6) is 5.75 Å². The van der Waals surface area contributed by atoms with Crippen molar-refractivity contribution in [1.29, 1.82) is 0 Å². The first kappa shape index (κ1) is 13.0. The van der Waals surface area contributed by atoms with E-state index < -0.39 is 0 Å². The highest BCUT2D eigenvalue weighted by atomic mass is 79.9. The Morgan fingerprint density at radius 2 is 2.05 bits per heavy atom. The molecular formula is C15H17BrO3. The molecule has 102 valence electrons. The molecule has 3 saturated carbocycles. The lowest BCUT2D eigenvalue weighted by molar-refractivity contribution is -0.233. The zero-order valence-corrected chi connectivity index (χ0v) is 12.7. The van der Waals surface area contributed by atoms with Crippen molar-refractivity contribution >= 4 is 21.9 Å². The average Bonchev–Trinajstić information content (AvgIpc) is 2.29. The van der Waals surface area contributed by atoms with E-state index in [2.05, 4.69) is 15.9 Å². The Kier molecular flexibility index (Phi) is 2.89. The molecule has 4 rings (SSSR count). The molecule has 1 aromatic carbocycles. The van der Waals surface area contributed by atoms with Gasteiger partial charge in [-0.2, -0.15) is 0 Å². The summed E-state index contributed by atoms with van der Waals surface area (Å²) in [5.74, 6) is 0.853. The van der Waals surface area contributed by atoms with Gasteiger partial charge in [0, 0.05) is 9.89 Å². The molecule has 3 aliphatic carbocycles. The Hall–Kier alpha value is -1.03. The first-order chi connectivity index (χ1) is 8.99. The molecule has 0 unspecified atom stereocenters. The number of halogens is 1. The fourth-order valence-corrected chi connectivity index (χ4v) is 3.77. The average molecular weight is 325 g/mol. The lowest BCUT2D eigenvalue weighted by Crippen LogP contribution is -2.67. The second kappa shape index (κ2) is 4.23. The maximum absolute atomic E-state index is 11.6. The zero-order chi connectivity index (χ0) is 13.7. The van der Waals surface area contributed by atoms with Crippen LogP contribution in [0, 0.1) is 17.8 Å². The van der Waals surface area contributed by atoms with Crippen LogP contribution in [-0.4, -0.2) is 19.7 Å². The van der Waals surface area contributed by atoms with Crippen LogP contribution in [0.1, 0.15) is 24.8 Å². The van der Waals surface area contributed by atoms with Crippen LogP contribution >= 0.6 is 15.9 Å². The number of ether oxygens (including phenoxy) is 2. The number of benzene rings is 1. The molecule has 0 aliphatic heterocycles. The normalized spacial score (nSPS) is 31.1. The van der Waals surface area contributed by atoms with Gasteiger partial charge in [0.15, 0.2) is 0 Å². The van der Waals surface area contributed by atoms with Gasteiger partial charge in [0.1, 0.15) is 5.75 Å². The molecule has 2 bridgehead atoms. The predicted octanol–water partition coefficient (Wildman–Crippen LogP) is 3.48. The van der Waals surface area contributed by atoms with Crippen molar-refractivity contribution in [2.45, 2.75) is 26.2 Å². The molecule has 19 heavy (non-hydrogen) atoms. The lowest BCUT2D eigenvalue weighted by atomic mass is 9.35. The molecule has 3 fully saturated rings. The summed E-state index contributed by atoms with van der Waals surface area (Å²) in [5, 5.41) is 0. The lowest BCUT2D eigenvalue weighted by Gasteiger charge is -2.68. The number of hydrogen-bond acceptors (Lipinski definition) is 3. The van der Waals surface area contributed by atoms with E-state index in [0.29, 0.717) is 6.61 Å². The third-order valence-electron chi connectivity index (χ3n) is 4.43. The quantitative estimate of drug-likeness (QED) is 0.795. The zero-order valence-electron chi connectivity index (χ0n) is 11.2. The summed E-state index contributed by atoms with van der Waals surface area (Å²) in [5.41, 5.74) is 1.21. The number of rotatable bonds is 4. The molecule has 0 spiro atoms. The van der Waals surface area contributed by atoms with Crippen LogP contribution in [0.2, 0.25) is 0 Å². The molecule has 3 nitrogen and oxygen atoms in total. The molecule has 0 aromatic heterocycles. The molecule has 0 atom stereocenters. The summed E-state index contributed by atoms with van der Waals surface area (Å²) in [6.07, 6.45) is 2.76. The Bertz CT molecular complexity index is 518. The highest BCUT2D eigenvalue weighted by Crippen LogP contribution is 2.73. The molecule has 0 amide bonds. The van der Waals surface area contributed by atoms with Crippen molar-refractivity contribution in [2.75, 3.05) is 13.7 Å². The molecule has 1 aromatic rings. The van der Waals surface area contributed by atoms with Crippen molar-refractivity contribution in [2.24, 2.45) is 10.8 Å². The fraction of sp³-hybridized carbons (Fsp3) is 0.533. The number of hydrogen-bond donors (Lipinski definition) is 0. The Balaban J connectivity index is 1.56. The summed E-state index contributed by atoms with van der Waals surface area (Å²) in [4.78, 5) is 11.6. The monoisotopic (exact) mass is 324 g/mol. The first-order valence-corrected chi connectivity index (χ1v) is 7.25. The number of esters is 1. The maximum atomic E-state index is 11.6. The molecule has 0 N–H and O–H groups in total. The van der Waals surface area contributed by atoms with Gasteiger partial charge in [-0.15, -0.1) is 0 Å². The highest BCUT2D eigenvalue weighted by molar-refractivity contribution is 9.10. The maximum Gasteiger partial charge on any atom is 0.311 e. The van der Waals surface area contributed by atoms with Gasteiger partial charge in [0.25, 0.3) is 0 Å². The third kappa shape index (κ3) is 1.97. The van der Waals surface area contributed by atoms with E-state index in [9.17, 15) is 4.79 Å². The number of aryl methyl sites for hydroxylation is 1. The molecule has 0 radical (unpaired) electrons. The van der Waals surface area contributed by atoms with Crippen LogP contribution < -0.4 is 4.74 Å². The second-order valence-electron chi connectivity index (χ2n) is 6.00. The molecule has 0 saturated heterocycles. The third-order valence-corrected chi connectivity index (χ3v) is 5.32. The molecule has 4 heteroatoms. The summed E-state index contributed by atoms with van der Waals surface area (Å²) in [7, 11) is 1.47. The van der Waals surface area contributed by atoms with Gasteiger partial charge in [-0.25, -0.2) is 0 Å². The molecule has 0 heterocycles. The standard InChI is InChI=1S/C15H17BrO3/c1-10-5-11(3-4-12(10)16)19-9-14-6-15(7-14,8-14)13(17)18-2/h3-5H,6-9H2,1-2H3. The van der Waals surface area contributed by atoms with Gasteiger partial charge < -0.3 is 9.47 Å². The first-order valence-electron chi connectivity index (χ1n) is 6.46. The van der Waals surface area contributed by atoms with Crippen LogP contribution in [0.3, 0.4) is 0 Å². The van der Waals surface area contributed by atoms with Gasteiger partial charge in [0.2, 0.25) is 0 Å². The largest absolute Gasteiger partial charge is 0.493 e. The van der Waals surface area contributed by atoms with Crippen molar-refractivity contribution in [3.8, 4) is 5.75 Å². The Labute approximate surface area is 121 Å². The van der Waals surface area contributed by atoms with E-state index in [0.717, 1.165) is 29.5 Å². The van der Waals surface area contributed by atoms with Crippen molar-refractivity contribution < 1.29 is 14.3 Å². The Morgan fingerprint density at radius 3 is 2.63 bits per heavy atom. The highest BCUT2D eigenvalue weighted by Gasteiger charge is 2.72. The van der Waals surface area contributed by atoms with E-state index in [-0.39, 0.29) is 16.8 Å². The minimum Gasteiger partial charge on any atom is -0.493 e. The van der Waals surface area contributed by atoms with Crippen LogP contribution in [-0.2, 0) is 9.53 Å². The topological polar surface area (TPSA) is 35.5 Å². The minimum absolute atomic E-state index is 0.0474. The van der Waals surface area contributed by atoms with Crippen molar-refractivity contribution in [1.82, 2.24) is 0 Å².